The fourth-order valence-electron chi connectivity index (χ4n) is 3.71. The largest absolute Gasteiger partial charge is 0.463 e. The Bertz CT molecular complexity index is 1200. The Morgan fingerprint density at radius 3 is 2.65 bits per heavy atom. The molecule has 0 bridgehead atoms. The molecule has 178 valence electrons. The summed E-state index contributed by atoms with van der Waals surface area (Å²) >= 11 is 1.25. The van der Waals surface area contributed by atoms with E-state index in [1.165, 1.54) is 16.7 Å². The van der Waals surface area contributed by atoms with Gasteiger partial charge in [-0.05, 0) is 32.4 Å². The van der Waals surface area contributed by atoms with Crippen molar-refractivity contribution < 1.29 is 18.7 Å². The highest BCUT2D eigenvalue weighted by Crippen LogP contribution is 2.34. The van der Waals surface area contributed by atoms with Crippen molar-refractivity contribution in [2.75, 3.05) is 18.9 Å². The summed E-state index contributed by atoms with van der Waals surface area (Å²) in [7, 11) is 1.84. The van der Waals surface area contributed by atoms with Gasteiger partial charge in [-0.2, -0.15) is 5.10 Å². The summed E-state index contributed by atoms with van der Waals surface area (Å²) in [5.74, 6) is 0.101. The molecular formula is C23H26N6O4S. The second kappa shape index (κ2) is 10.1. The molecule has 3 aromatic rings. The molecule has 0 spiro atoms. The van der Waals surface area contributed by atoms with E-state index >= 15 is 0 Å². The number of ether oxygens (including phenoxy) is 1. The number of nitrogens with one attached hydrogen (secondary N) is 1. The number of urea groups is 1. The summed E-state index contributed by atoms with van der Waals surface area (Å²) in [6.07, 6.45) is 0. The van der Waals surface area contributed by atoms with Gasteiger partial charge >= 0.3 is 12.0 Å². The highest BCUT2D eigenvalue weighted by molar-refractivity contribution is 7.99. The van der Waals surface area contributed by atoms with Gasteiger partial charge in [0.05, 0.1) is 18.2 Å². The average molecular weight is 483 g/mol. The third-order valence-electron chi connectivity index (χ3n) is 5.45. The van der Waals surface area contributed by atoms with Crippen LogP contribution in [0.1, 0.15) is 31.1 Å². The Labute approximate surface area is 201 Å². The lowest BCUT2D eigenvalue weighted by molar-refractivity contribution is -0.139. The molecule has 34 heavy (non-hydrogen) atoms. The maximum Gasteiger partial charge on any atom is 0.338 e. The number of carbonyl (C=O) groups is 2. The van der Waals surface area contributed by atoms with Crippen LogP contribution in [-0.4, -0.2) is 55.8 Å². The first-order valence-electron chi connectivity index (χ1n) is 10.9. The Hall–Kier alpha value is -3.60. The van der Waals surface area contributed by atoms with E-state index < -0.39 is 12.0 Å². The minimum absolute atomic E-state index is 0.223. The van der Waals surface area contributed by atoms with E-state index in [9.17, 15) is 9.59 Å². The smallest absolute Gasteiger partial charge is 0.338 e. The number of hydrogen-bond donors (Lipinski definition) is 1. The number of rotatable bonds is 8. The van der Waals surface area contributed by atoms with Gasteiger partial charge in [-0.25, -0.2) is 9.59 Å². The molecule has 3 heterocycles. The summed E-state index contributed by atoms with van der Waals surface area (Å²) < 4.78 is 12.9. The van der Waals surface area contributed by atoms with Crippen molar-refractivity contribution in [3.05, 3.63) is 58.9 Å². The fraction of sp³-hybridized carbons (Fsp3) is 0.348. The van der Waals surface area contributed by atoms with Gasteiger partial charge in [-0.15, -0.1) is 10.2 Å². The molecule has 0 unspecified atom stereocenters. The summed E-state index contributed by atoms with van der Waals surface area (Å²) in [5.41, 5.74) is 3.29. The van der Waals surface area contributed by atoms with Crippen LogP contribution in [0.4, 0.5) is 4.79 Å². The lowest BCUT2D eigenvalue weighted by atomic mass is 9.95. The SMILES string of the molecule is CCOC(=O)C1=C(CSc2nnc(-c3cc(C)n(C)n3)o2)N(CC)C(=O)N[C@@H]1c1ccccc1. The quantitative estimate of drug-likeness (QED) is 0.383. The molecule has 4 rings (SSSR count). The highest BCUT2D eigenvalue weighted by atomic mass is 32.2. The Balaban J connectivity index is 1.67. The predicted octanol–water partition coefficient (Wildman–Crippen LogP) is 3.47. The van der Waals surface area contributed by atoms with Crippen LogP contribution in [0.3, 0.4) is 0 Å². The lowest BCUT2D eigenvalue weighted by Crippen LogP contribution is -2.49. The van der Waals surface area contributed by atoms with Crippen LogP contribution in [0.25, 0.3) is 11.6 Å². The Kier molecular flexibility index (Phi) is 7.01. The molecular weight excluding hydrogens is 456 g/mol. The minimum Gasteiger partial charge on any atom is -0.463 e. The van der Waals surface area contributed by atoms with Gasteiger partial charge in [0.25, 0.3) is 11.1 Å². The number of thioether (sulfide) groups is 1. The van der Waals surface area contributed by atoms with Gasteiger partial charge in [0, 0.05) is 30.7 Å². The number of nitrogens with zero attached hydrogens (tertiary/aromatic N) is 5. The van der Waals surface area contributed by atoms with Crippen molar-refractivity contribution in [3.8, 4) is 11.6 Å². The zero-order valence-electron chi connectivity index (χ0n) is 19.4. The van der Waals surface area contributed by atoms with Gasteiger partial charge in [-0.1, -0.05) is 42.1 Å². The summed E-state index contributed by atoms with van der Waals surface area (Å²) in [6.45, 7) is 6.14. The van der Waals surface area contributed by atoms with Crippen LogP contribution in [0.2, 0.25) is 0 Å². The van der Waals surface area contributed by atoms with Crippen LogP contribution in [0.15, 0.2) is 57.3 Å². The summed E-state index contributed by atoms with van der Waals surface area (Å²) in [6, 6.07) is 10.3. The van der Waals surface area contributed by atoms with Gasteiger partial charge in [0.15, 0.2) is 0 Å². The van der Waals surface area contributed by atoms with Crippen LogP contribution in [0.5, 0.6) is 0 Å². The second-order valence-corrected chi connectivity index (χ2v) is 8.50. The Morgan fingerprint density at radius 1 is 1.24 bits per heavy atom. The van der Waals surface area contributed by atoms with E-state index in [0.29, 0.717) is 34.6 Å². The molecule has 0 aliphatic carbocycles. The van der Waals surface area contributed by atoms with E-state index in [1.54, 1.807) is 11.6 Å². The molecule has 2 amide bonds. The number of hydrogen-bond acceptors (Lipinski definition) is 8. The van der Waals surface area contributed by atoms with Crippen molar-refractivity contribution in [2.24, 2.45) is 7.05 Å². The topological polar surface area (TPSA) is 115 Å². The van der Waals surface area contributed by atoms with Crippen molar-refractivity contribution >= 4 is 23.8 Å². The normalized spacial score (nSPS) is 16.1. The third-order valence-corrected chi connectivity index (χ3v) is 6.28. The van der Waals surface area contributed by atoms with Gasteiger partial charge in [0.1, 0.15) is 5.69 Å². The van der Waals surface area contributed by atoms with Crippen molar-refractivity contribution in [1.82, 2.24) is 30.2 Å². The van der Waals surface area contributed by atoms with E-state index in [-0.39, 0.29) is 18.4 Å². The molecule has 1 N–H and O–H groups in total. The van der Waals surface area contributed by atoms with Crippen LogP contribution in [-0.2, 0) is 16.6 Å². The number of aromatic nitrogens is 4. The van der Waals surface area contributed by atoms with Gasteiger partial charge in [0.2, 0.25) is 0 Å². The average Bonchev–Trinajstić information content (AvgIpc) is 3.44. The zero-order valence-corrected chi connectivity index (χ0v) is 20.3. The first-order valence-corrected chi connectivity index (χ1v) is 11.9. The van der Waals surface area contributed by atoms with E-state index in [4.69, 9.17) is 9.15 Å². The van der Waals surface area contributed by atoms with Crippen molar-refractivity contribution in [3.63, 3.8) is 0 Å². The van der Waals surface area contributed by atoms with E-state index in [1.807, 2.05) is 57.3 Å². The second-order valence-electron chi connectivity index (χ2n) is 7.57. The Morgan fingerprint density at radius 2 is 2.00 bits per heavy atom. The number of amides is 2. The molecule has 11 heteroatoms. The van der Waals surface area contributed by atoms with E-state index in [0.717, 1.165) is 11.3 Å². The molecule has 0 saturated heterocycles. The van der Waals surface area contributed by atoms with E-state index in [2.05, 4.69) is 20.6 Å². The van der Waals surface area contributed by atoms with Crippen LogP contribution < -0.4 is 5.32 Å². The molecule has 2 aromatic heterocycles. The molecule has 1 aliphatic heterocycles. The molecule has 0 radical (unpaired) electrons. The summed E-state index contributed by atoms with van der Waals surface area (Å²) in [4.78, 5) is 27.5. The minimum atomic E-state index is -0.624. The van der Waals surface area contributed by atoms with Crippen LogP contribution >= 0.6 is 11.8 Å². The molecule has 1 aliphatic rings. The number of benzene rings is 1. The van der Waals surface area contributed by atoms with Gasteiger partial charge < -0.3 is 14.5 Å². The molecule has 1 atom stereocenters. The number of esters is 1. The lowest BCUT2D eigenvalue weighted by Gasteiger charge is -2.36. The van der Waals surface area contributed by atoms with Gasteiger partial charge in [-0.3, -0.25) is 9.58 Å². The number of carbonyl (C=O) groups excluding carboxylic acids is 2. The molecule has 0 fully saturated rings. The first-order chi connectivity index (χ1) is 16.4. The monoisotopic (exact) mass is 482 g/mol. The van der Waals surface area contributed by atoms with Crippen molar-refractivity contribution in [2.45, 2.75) is 32.0 Å². The number of aryl methyl sites for hydroxylation is 2. The molecule has 1 aromatic carbocycles. The summed E-state index contributed by atoms with van der Waals surface area (Å²) in [5, 5.41) is 15.8. The fourth-order valence-corrected chi connectivity index (χ4v) is 4.51. The van der Waals surface area contributed by atoms with Crippen molar-refractivity contribution in [1.29, 1.82) is 0 Å². The van der Waals surface area contributed by atoms with Crippen LogP contribution in [0, 0.1) is 6.92 Å². The standard InChI is InChI=1S/C23H26N6O4S/c1-5-29-17(13-34-23-26-25-20(33-23)16-12-14(3)28(4)27-16)18(21(30)32-6-2)19(24-22(29)31)15-10-8-7-9-11-15/h7-12,19H,5-6,13H2,1-4H3,(H,24,31)/t19-/m1/s1. The highest BCUT2D eigenvalue weighted by Gasteiger charge is 2.37. The third kappa shape index (κ3) is 4.69. The molecule has 0 saturated carbocycles. The predicted molar refractivity (Wildman–Crippen MR) is 126 cm³/mol. The maximum absolute atomic E-state index is 13.1. The first kappa shape index (κ1) is 23.6. The zero-order chi connectivity index (χ0) is 24.2. The molecule has 10 nitrogen and oxygen atoms in total. The maximum atomic E-state index is 13.1.